The minimum atomic E-state index is -4.69. The monoisotopic (exact) mass is 439 g/mol. The summed E-state index contributed by atoms with van der Waals surface area (Å²) < 4.78 is 40.7. The highest BCUT2D eigenvalue weighted by atomic mass is 35.5. The summed E-state index contributed by atoms with van der Waals surface area (Å²) in [5.41, 5.74) is 4.64. The smallest absolute Gasteiger partial charge is 0.365 e. The standard InChI is InChI=1S/C17H11Cl3F3NOS/c1-7(13-4-8(2)15(26-13)16(24)25)3-10(17(21,22)23)9-5-11(18)14(20)12(19)6-9/h3-6H,1H2,2H3,(H2,24,25)/b10-3-. The van der Waals surface area contributed by atoms with Gasteiger partial charge in [-0.3, -0.25) is 4.79 Å². The lowest BCUT2D eigenvalue weighted by atomic mass is 10.0. The molecule has 0 unspecified atom stereocenters. The van der Waals surface area contributed by atoms with Crippen LogP contribution in [-0.2, 0) is 0 Å². The number of carbonyl (C=O) groups excluding carboxylic acids is 1. The Morgan fingerprint density at radius 2 is 1.73 bits per heavy atom. The van der Waals surface area contributed by atoms with Crippen molar-refractivity contribution in [3.8, 4) is 0 Å². The van der Waals surface area contributed by atoms with Crippen LogP contribution in [0, 0.1) is 6.92 Å². The normalized spacial score (nSPS) is 12.3. The van der Waals surface area contributed by atoms with Gasteiger partial charge in [-0.2, -0.15) is 13.2 Å². The molecule has 0 aliphatic rings. The van der Waals surface area contributed by atoms with Gasteiger partial charge >= 0.3 is 6.18 Å². The van der Waals surface area contributed by atoms with Gasteiger partial charge in [0, 0.05) is 4.88 Å². The Kier molecular flexibility index (Phi) is 6.13. The first-order valence-electron chi connectivity index (χ1n) is 6.95. The molecule has 9 heteroatoms. The van der Waals surface area contributed by atoms with Crippen molar-refractivity contribution < 1.29 is 18.0 Å². The van der Waals surface area contributed by atoms with Gasteiger partial charge in [0.2, 0.25) is 0 Å². The van der Waals surface area contributed by atoms with Crippen molar-refractivity contribution in [1.29, 1.82) is 0 Å². The summed E-state index contributed by atoms with van der Waals surface area (Å²) in [7, 11) is 0. The van der Waals surface area contributed by atoms with Gasteiger partial charge < -0.3 is 5.73 Å². The number of carbonyl (C=O) groups is 1. The molecule has 26 heavy (non-hydrogen) atoms. The van der Waals surface area contributed by atoms with E-state index in [-0.39, 0.29) is 31.1 Å². The number of halogens is 6. The number of allylic oxidation sites excluding steroid dienone is 3. The average Bonchev–Trinajstić information content (AvgIpc) is 2.90. The molecule has 0 atom stereocenters. The molecule has 0 bridgehead atoms. The molecular formula is C17H11Cl3F3NOS. The van der Waals surface area contributed by atoms with E-state index < -0.39 is 17.7 Å². The first-order chi connectivity index (χ1) is 11.9. The van der Waals surface area contributed by atoms with Gasteiger partial charge in [0.15, 0.2) is 0 Å². The Hall–Kier alpha value is -1.47. The number of amides is 1. The van der Waals surface area contributed by atoms with Crippen LogP contribution < -0.4 is 5.73 Å². The highest BCUT2D eigenvalue weighted by molar-refractivity contribution is 7.15. The highest BCUT2D eigenvalue weighted by Gasteiger charge is 2.35. The van der Waals surface area contributed by atoms with Gasteiger partial charge in [0.1, 0.15) is 0 Å². The molecule has 0 saturated heterocycles. The van der Waals surface area contributed by atoms with Gasteiger partial charge in [0.25, 0.3) is 5.91 Å². The molecule has 2 N–H and O–H groups in total. The van der Waals surface area contributed by atoms with E-state index >= 15 is 0 Å². The Labute approximate surface area is 166 Å². The van der Waals surface area contributed by atoms with E-state index in [9.17, 15) is 18.0 Å². The largest absolute Gasteiger partial charge is 0.417 e. The van der Waals surface area contributed by atoms with E-state index in [0.717, 1.165) is 29.5 Å². The highest BCUT2D eigenvalue weighted by Crippen LogP contribution is 2.41. The van der Waals surface area contributed by atoms with Crippen molar-refractivity contribution in [3.63, 3.8) is 0 Å². The zero-order valence-corrected chi connectivity index (χ0v) is 16.3. The number of hydrogen-bond acceptors (Lipinski definition) is 2. The zero-order valence-electron chi connectivity index (χ0n) is 13.2. The number of alkyl halides is 3. The topological polar surface area (TPSA) is 43.1 Å². The van der Waals surface area contributed by atoms with Gasteiger partial charge in [-0.15, -0.1) is 11.3 Å². The molecule has 138 valence electrons. The van der Waals surface area contributed by atoms with Crippen molar-refractivity contribution in [2.24, 2.45) is 5.73 Å². The summed E-state index contributed by atoms with van der Waals surface area (Å²) in [5, 5.41) is -0.228. The fourth-order valence-corrected chi connectivity index (χ4v) is 3.73. The molecule has 2 nitrogen and oxygen atoms in total. The molecule has 1 heterocycles. The lowest BCUT2D eigenvalue weighted by Gasteiger charge is -2.14. The number of aryl methyl sites for hydroxylation is 1. The van der Waals surface area contributed by atoms with E-state index in [0.29, 0.717) is 10.4 Å². The molecule has 2 rings (SSSR count). The third-order valence-corrected chi connectivity index (χ3v) is 5.90. The van der Waals surface area contributed by atoms with Gasteiger partial charge in [0.05, 0.1) is 25.5 Å². The van der Waals surface area contributed by atoms with Crippen molar-refractivity contribution >= 4 is 63.2 Å². The Morgan fingerprint density at radius 3 is 2.15 bits per heavy atom. The van der Waals surface area contributed by atoms with Crippen LogP contribution in [0.5, 0.6) is 0 Å². The summed E-state index contributed by atoms with van der Waals surface area (Å²) in [6, 6.07) is 3.72. The lowest BCUT2D eigenvalue weighted by Crippen LogP contribution is -2.11. The fraction of sp³-hybridized carbons (Fsp3) is 0.118. The van der Waals surface area contributed by atoms with Crippen LogP contribution >= 0.6 is 46.1 Å². The van der Waals surface area contributed by atoms with Crippen molar-refractivity contribution in [1.82, 2.24) is 0 Å². The second-order valence-electron chi connectivity index (χ2n) is 5.32. The Balaban J connectivity index is 2.56. The number of primary amides is 1. The van der Waals surface area contributed by atoms with Crippen LogP contribution in [0.2, 0.25) is 15.1 Å². The van der Waals surface area contributed by atoms with Crippen LogP contribution in [0.4, 0.5) is 13.2 Å². The molecule has 0 saturated carbocycles. The predicted molar refractivity (Wildman–Crippen MR) is 102 cm³/mol. The molecule has 2 aromatic rings. The molecule has 0 aliphatic heterocycles. The second kappa shape index (κ2) is 7.64. The zero-order chi connectivity index (χ0) is 19.8. The third-order valence-electron chi connectivity index (χ3n) is 3.38. The first kappa shape index (κ1) is 20.8. The van der Waals surface area contributed by atoms with Gasteiger partial charge in [-0.25, -0.2) is 0 Å². The number of rotatable bonds is 4. The summed E-state index contributed by atoms with van der Waals surface area (Å²) >= 11 is 18.5. The van der Waals surface area contributed by atoms with E-state index in [1.807, 2.05) is 0 Å². The van der Waals surface area contributed by atoms with E-state index in [2.05, 4.69) is 6.58 Å². The summed E-state index contributed by atoms with van der Waals surface area (Å²) in [6.45, 7) is 5.31. The van der Waals surface area contributed by atoms with Gasteiger partial charge in [-0.1, -0.05) is 41.4 Å². The van der Waals surface area contributed by atoms with Crippen LogP contribution in [0.25, 0.3) is 11.1 Å². The molecule has 1 amide bonds. The summed E-state index contributed by atoms with van der Waals surface area (Å²) in [6.07, 6.45) is -3.83. The minimum Gasteiger partial charge on any atom is -0.365 e. The Bertz CT molecular complexity index is 909. The summed E-state index contributed by atoms with van der Waals surface area (Å²) in [5.74, 6) is -0.650. The van der Waals surface area contributed by atoms with E-state index in [1.165, 1.54) is 0 Å². The van der Waals surface area contributed by atoms with Crippen molar-refractivity contribution in [2.75, 3.05) is 0 Å². The minimum absolute atomic E-state index is 0.0302. The number of hydrogen-bond donors (Lipinski definition) is 1. The quantitative estimate of drug-likeness (QED) is 0.413. The SMILES string of the molecule is C=C(/C=C(/c1cc(Cl)c(Cl)c(Cl)c1)C(F)(F)F)c1cc(C)c(C(N)=O)s1. The van der Waals surface area contributed by atoms with Crippen LogP contribution in [0.1, 0.15) is 25.7 Å². The number of nitrogens with two attached hydrogens (primary N) is 1. The van der Waals surface area contributed by atoms with Crippen molar-refractivity contribution in [3.05, 3.63) is 66.8 Å². The first-order valence-corrected chi connectivity index (χ1v) is 8.90. The van der Waals surface area contributed by atoms with Gasteiger partial charge in [-0.05, 0) is 47.9 Å². The predicted octanol–water partition coefficient (Wildman–Crippen LogP) is 6.77. The molecule has 0 aliphatic carbocycles. The lowest BCUT2D eigenvalue weighted by molar-refractivity contribution is -0.0688. The van der Waals surface area contributed by atoms with E-state index in [1.54, 1.807) is 13.0 Å². The summed E-state index contributed by atoms with van der Waals surface area (Å²) in [4.78, 5) is 12.0. The number of thiophene rings is 1. The van der Waals surface area contributed by atoms with Crippen LogP contribution in [-0.4, -0.2) is 12.1 Å². The molecule has 0 fully saturated rings. The molecule has 1 aromatic carbocycles. The molecule has 1 aromatic heterocycles. The molecule has 0 radical (unpaired) electrons. The average molecular weight is 441 g/mol. The van der Waals surface area contributed by atoms with Crippen molar-refractivity contribution in [2.45, 2.75) is 13.1 Å². The maximum Gasteiger partial charge on any atom is 0.417 e. The number of benzene rings is 1. The van der Waals surface area contributed by atoms with Crippen LogP contribution in [0.15, 0.2) is 30.9 Å². The maximum absolute atomic E-state index is 13.6. The molecular weight excluding hydrogens is 430 g/mol. The van der Waals surface area contributed by atoms with E-state index in [4.69, 9.17) is 40.5 Å². The third kappa shape index (κ3) is 4.43. The Morgan fingerprint density at radius 1 is 1.19 bits per heavy atom. The fourth-order valence-electron chi connectivity index (χ4n) is 2.17. The molecule has 0 spiro atoms. The second-order valence-corrected chi connectivity index (χ2v) is 7.57. The maximum atomic E-state index is 13.6. The van der Waals surface area contributed by atoms with Crippen LogP contribution in [0.3, 0.4) is 0 Å².